The van der Waals surface area contributed by atoms with Gasteiger partial charge >= 0.3 is 0 Å². The second-order valence-corrected chi connectivity index (χ2v) is 6.94. The summed E-state index contributed by atoms with van der Waals surface area (Å²) in [6.07, 6.45) is 4.23. The maximum Gasteiger partial charge on any atom is 0.212 e. The largest absolute Gasteiger partial charge is 0.439 e. The van der Waals surface area contributed by atoms with Crippen LogP contribution in [-0.2, 0) is 0 Å². The van der Waals surface area contributed by atoms with Gasteiger partial charge in [0.1, 0.15) is 0 Å². The van der Waals surface area contributed by atoms with Gasteiger partial charge in [-0.1, -0.05) is 38.5 Å². The molecule has 0 fully saturated rings. The van der Waals surface area contributed by atoms with Crippen LogP contribution in [0.15, 0.2) is 34.9 Å². The van der Waals surface area contributed by atoms with Crippen molar-refractivity contribution < 1.29 is 4.42 Å². The van der Waals surface area contributed by atoms with Gasteiger partial charge in [0, 0.05) is 22.7 Å². The number of hydrogen-bond acceptors (Lipinski definition) is 3. The minimum Gasteiger partial charge on any atom is -0.439 e. The molecule has 2 atom stereocenters. The van der Waals surface area contributed by atoms with Crippen molar-refractivity contribution in [3.8, 4) is 11.3 Å². The first-order valence-corrected chi connectivity index (χ1v) is 8.71. The molecule has 0 spiro atoms. The third kappa shape index (κ3) is 3.11. The van der Waals surface area contributed by atoms with Gasteiger partial charge in [0.05, 0.1) is 11.7 Å². The fraction of sp³-hybridized carbons (Fsp3) is 0.450. The molecule has 3 rings (SSSR count). The van der Waals surface area contributed by atoms with Crippen LogP contribution in [-0.4, -0.2) is 29.0 Å². The van der Waals surface area contributed by atoms with Crippen LogP contribution >= 0.6 is 0 Å². The predicted octanol–water partition coefficient (Wildman–Crippen LogP) is 5.17. The Morgan fingerprint density at radius 3 is 2.71 bits per heavy atom. The number of aryl methyl sites for hydroxylation is 1. The van der Waals surface area contributed by atoms with Gasteiger partial charge in [-0.3, -0.25) is 4.90 Å². The van der Waals surface area contributed by atoms with Crippen LogP contribution in [0, 0.1) is 12.8 Å². The fourth-order valence-electron chi connectivity index (χ4n) is 3.15. The topological polar surface area (TPSA) is 45.1 Å². The number of rotatable bonds is 6. The van der Waals surface area contributed by atoms with Crippen LogP contribution < -0.4 is 0 Å². The number of nitrogens with one attached hydrogen (secondary N) is 1. The van der Waals surface area contributed by atoms with E-state index in [0.29, 0.717) is 5.92 Å². The summed E-state index contributed by atoms with van der Waals surface area (Å²) >= 11 is 0. The summed E-state index contributed by atoms with van der Waals surface area (Å²) in [7, 11) is 4.19. The number of aromatic amines is 1. The molecule has 1 N–H and O–H groups in total. The Hall–Kier alpha value is -2.07. The lowest BCUT2D eigenvalue weighted by atomic mass is 9.99. The highest BCUT2D eigenvalue weighted by Crippen LogP contribution is 2.35. The third-order valence-electron chi connectivity index (χ3n) is 4.88. The molecule has 0 amide bonds. The van der Waals surface area contributed by atoms with Crippen molar-refractivity contribution in [1.29, 1.82) is 0 Å². The molecular weight excluding hydrogens is 298 g/mol. The first-order chi connectivity index (χ1) is 11.5. The van der Waals surface area contributed by atoms with Crippen LogP contribution in [0.3, 0.4) is 0 Å². The Bertz CT molecular complexity index is 815. The molecular formula is C20H27N3O. The van der Waals surface area contributed by atoms with Crippen molar-refractivity contribution in [3.63, 3.8) is 0 Å². The molecule has 4 nitrogen and oxygen atoms in total. The van der Waals surface area contributed by atoms with Crippen LogP contribution in [0.2, 0.25) is 0 Å². The monoisotopic (exact) mass is 325 g/mol. The van der Waals surface area contributed by atoms with E-state index in [2.05, 4.69) is 56.0 Å². The number of oxazole rings is 1. The molecule has 0 aliphatic carbocycles. The highest BCUT2D eigenvalue weighted by molar-refractivity contribution is 5.94. The highest BCUT2D eigenvalue weighted by atomic mass is 16.4. The fourth-order valence-corrected chi connectivity index (χ4v) is 3.15. The average Bonchev–Trinajstić information content (AvgIpc) is 3.15. The van der Waals surface area contributed by atoms with E-state index >= 15 is 0 Å². The van der Waals surface area contributed by atoms with Gasteiger partial charge in [-0.15, -0.1) is 0 Å². The smallest absolute Gasteiger partial charge is 0.212 e. The Balaban J connectivity index is 2.00. The number of para-hydroxylation sites is 1. The number of benzene rings is 1. The molecule has 0 bridgehead atoms. The Morgan fingerprint density at radius 2 is 2.00 bits per heavy atom. The normalized spacial score (nSPS) is 14.4. The third-order valence-corrected chi connectivity index (χ3v) is 4.88. The maximum absolute atomic E-state index is 6.26. The van der Waals surface area contributed by atoms with Gasteiger partial charge < -0.3 is 9.40 Å². The van der Waals surface area contributed by atoms with Gasteiger partial charge in [-0.2, -0.15) is 0 Å². The summed E-state index contributed by atoms with van der Waals surface area (Å²) in [6.45, 7) is 6.54. The standard InChI is InChI=1S/C20H27N3O/c1-6-13(2)11-18(23(4)5)20-22-14(3)19(24-20)16-12-21-17-10-8-7-9-15(16)17/h7-10,12-13,18,21H,6,11H2,1-5H3/t13-,18+/m1/s1. The first kappa shape index (κ1) is 16.8. The summed E-state index contributed by atoms with van der Waals surface area (Å²) in [5, 5.41) is 1.17. The van der Waals surface area contributed by atoms with Crippen molar-refractivity contribution in [3.05, 3.63) is 42.0 Å². The first-order valence-electron chi connectivity index (χ1n) is 8.71. The zero-order valence-electron chi connectivity index (χ0n) is 15.3. The molecule has 3 aromatic rings. The molecule has 0 saturated heterocycles. The number of aromatic nitrogens is 2. The lowest BCUT2D eigenvalue weighted by Crippen LogP contribution is -2.22. The van der Waals surface area contributed by atoms with E-state index in [0.717, 1.165) is 34.8 Å². The molecule has 0 saturated carbocycles. The molecule has 128 valence electrons. The minimum absolute atomic E-state index is 0.206. The van der Waals surface area contributed by atoms with E-state index in [9.17, 15) is 0 Å². The summed E-state index contributed by atoms with van der Waals surface area (Å²) < 4.78 is 6.26. The van der Waals surface area contributed by atoms with E-state index in [1.165, 1.54) is 11.8 Å². The molecule has 0 radical (unpaired) electrons. The Morgan fingerprint density at radius 1 is 1.25 bits per heavy atom. The van der Waals surface area contributed by atoms with E-state index in [4.69, 9.17) is 9.40 Å². The van der Waals surface area contributed by atoms with Gasteiger partial charge in [0.2, 0.25) is 5.89 Å². The van der Waals surface area contributed by atoms with Gasteiger partial charge in [-0.25, -0.2) is 4.98 Å². The number of H-pyrrole nitrogens is 1. The molecule has 0 aliphatic rings. The molecule has 0 aliphatic heterocycles. The van der Waals surface area contributed by atoms with Crippen molar-refractivity contribution >= 4 is 10.9 Å². The van der Waals surface area contributed by atoms with Gasteiger partial charge in [0.15, 0.2) is 5.76 Å². The quantitative estimate of drug-likeness (QED) is 0.680. The highest BCUT2D eigenvalue weighted by Gasteiger charge is 2.24. The summed E-state index contributed by atoms with van der Waals surface area (Å²) in [5.74, 6) is 2.33. The van der Waals surface area contributed by atoms with Crippen LogP contribution in [0.1, 0.15) is 44.3 Å². The van der Waals surface area contributed by atoms with Gasteiger partial charge in [0.25, 0.3) is 0 Å². The van der Waals surface area contributed by atoms with Crippen LogP contribution in [0.25, 0.3) is 22.2 Å². The predicted molar refractivity (Wildman–Crippen MR) is 99.0 cm³/mol. The SMILES string of the molecule is CC[C@@H](C)C[C@@H](c1nc(C)c(-c2c[nH]c3ccccc23)o1)N(C)C. The molecule has 2 heterocycles. The minimum atomic E-state index is 0.206. The van der Waals surface area contributed by atoms with Crippen molar-refractivity contribution in [2.24, 2.45) is 5.92 Å². The lowest BCUT2D eigenvalue weighted by Gasteiger charge is -2.23. The van der Waals surface area contributed by atoms with Crippen molar-refractivity contribution in [2.45, 2.75) is 39.7 Å². The molecule has 1 aromatic carbocycles. The van der Waals surface area contributed by atoms with Crippen molar-refractivity contribution in [2.75, 3.05) is 14.1 Å². The number of hydrogen-bond donors (Lipinski definition) is 1. The second-order valence-electron chi connectivity index (χ2n) is 6.94. The average molecular weight is 325 g/mol. The van der Waals surface area contributed by atoms with Gasteiger partial charge in [-0.05, 0) is 39.4 Å². The maximum atomic E-state index is 6.26. The molecule has 4 heteroatoms. The van der Waals surface area contributed by atoms with E-state index in [-0.39, 0.29) is 6.04 Å². The Labute approximate surface area is 143 Å². The lowest BCUT2D eigenvalue weighted by molar-refractivity contribution is 0.213. The summed E-state index contributed by atoms with van der Waals surface area (Å²) in [6, 6.07) is 8.49. The zero-order chi connectivity index (χ0) is 17.3. The Kier molecular flexibility index (Phi) is 4.76. The van der Waals surface area contributed by atoms with Crippen LogP contribution in [0.5, 0.6) is 0 Å². The number of nitrogens with zero attached hydrogens (tertiary/aromatic N) is 2. The van der Waals surface area contributed by atoms with E-state index in [1.807, 2.05) is 19.2 Å². The molecule has 0 unspecified atom stereocenters. The van der Waals surface area contributed by atoms with E-state index in [1.54, 1.807) is 0 Å². The summed E-state index contributed by atoms with van der Waals surface area (Å²) in [5.41, 5.74) is 3.15. The van der Waals surface area contributed by atoms with Crippen molar-refractivity contribution in [1.82, 2.24) is 14.9 Å². The number of fused-ring (bicyclic) bond motifs is 1. The molecule has 2 aromatic heterocycles. The summed E-state index contributed by atoms with van der Waals surface area (Å²) in [4.78, 5) is 10.3. The molecule has 24 heavy (non-hydrogen) atoms. The second kappa shape index (κ2) is 6.81. The van der Waals surface area contributed by atoms with E-state index < -0.39 is 0 Å². The zero-order valence-corrected chi connectivity index (χ0v) is 15.3. The van der Waals surface area contributed by atoms with Crippen LogP contribution in [0.4, 0.5) is 0 Å².